The second-order valence-corrected chi connectivity index (χ2v) is 15.9. The van der Waals surface area contributed by atoms with Crippen LogP contribution in [0.25, 0.3) is 0 Å². The lowest BCUT2D eigenvalue weighted by molar-refractivity contribution is 0.849. The van der Waals surface area contributed by atoms with E-state index >= 15 is 0 Å². The van der Waals surface area contributed by atoms with Crippen LogP contribution >= 0.6 is 0 Å². The number of allylic oxidation sites excluding steroid dienone is 4. The van der Waals surface area contributed by atoms with Crippen LogP contribution in [0, 0.1) is 20.8 Å². The summed E-state index contributed by atoms with van der Waals surface area (Å²) in [5.74, 6) is 0.124. The predicted molar refractivity (Wildman–Crippen MR) is 258 cm³/mol. The van der Waals surface area contributed by atoms with E-state index in [0.717, 1.165) is 35.6 Å². The molecule has 0 amide bonds. The number of hydrogen-bond donors (Lipinski definition) is 0. The zero-order chi connectivity index (χ0) is 41.5. The van der Waals surface area contributed by atoms with Crippen molar-refractivity contribution in [2.75, 3.05) is 14.7 Å². The highest BCUT2D eigenvalue weighted by atomic mass is 15.2. The molecular weight excluding hydrogens is 739 g/mol. The molecule has 1 aliphatic rings. The molecule has 0 radical (unpaired) electrons. The van der Waals surface area contributed by atoms with Gasteiger partial charge in [0, 0.05) is 57.1 Å². The second kappa shape index (κ2) is 17.9. The van der Waals surface area contributed by atoms with Gasteiger partial charge in [-0.3, -0.25) is 0 Å². The molecule has 0 fully saturated rings. The van der Waals surface area contributed by atoms with Crippen molar-refractivity contribution in [2.24, 2.45) is 0 Å². The van der Waals surface area contributed by atoms with E-state index in [1.807, 2.05) is 0 Å². The van der Waals surface area contributed by atoms with Crippen molar-refractivity contribution in [3.05, 3.63) is 269 Å². The van der Waals surface area contributed by atoms with Crippen LogP contribution in [0.2, 0.25) is 0 Å². The van der Waals surface area contributed by atoms with E-state index in [-0.39, 0.29) is 5.92 Å². The minimum absolute atomic E-state index is 0.124. The van der Waals surface area contributed by atoms with Crippen molar-refractivity contribution in [1.29, 1.82) is 0 Å². The molecule has 0 saturated heterocycles. The van der Waals surface area contributed by atoms with Gasteiger partial charge in [0.1, 0.15) is 0 Å². The van der Waals surface area contributed by atoms with Crippen LogP contribution in [0.3, 0.4) is 0 Å². The molecule has 0 saturated carbocycles. The van der Waals surface area contributed by atoms with Crippen LogP contribution < -0.4 is 14.7 Å². The first-order valence-corrected chi connectivity index (χ1v) is 21.4. The highest BCUT2D eigenvalue weighted by Gasteiger charge is 2.24. The third-order valence-corrected chi connectivity index (χ3v) is 11.9. The first kappa shape index (κ1) is 39.1. The van der Waals surface area contributed by atoms with E-state index in [4.69, 9.17) is 0 Å². The van der Waals surface area contributed by atoms with Gasteiger partial charge in [0.2, 0.25) is 0 Å². The van der Waals surface area contributed by atoms with Crippen LogP contribution in [-0.4, -0.2) is 0 Å². The molecule has 8 aromatic rings. The molecule has 1 unspecified atom stereocenters. The standard InChI is InChI=1S/C58H51N3/c1-43-19-13-16-28-55(43)58(46-22-7-4-8-23-46)47-31-33-50(34-32-47)59(51-35-39-53(40-36-51)60(48-24-9-5-10-25-48)56-29-17-14-20-44(56)2)52-37-41-54(42-38-52)61(49-26-11-6-12-27-49)57-30-18-15-21-45(57)3/h4-37,39-41,58H,38,42H2,1-3H3. The van der Waals surface area contributed by atoms with Crippen molar-refractivity contribution in [2.45, 2.75) is 39.5 Å². The molecule has 61 heavy (non-hydrogen) atoms. The molecule has 8 aromatic carbocycles. The Labute approximate surface area is 361 Å². The summed E-state index contributed by atoms with van der Waals surface area (Å²) in [5, 5.41) is 0. The van der Waals surface area contributed by atoms with E-state index in [9.17, 15) is 0 Å². The fourth-order valence-corrected chi connectivity index (χ4v) is 8.81. The molecule has 3 heteroatoms. The van der Waals surface area contributed by atoms with Gasteiger partial charge in [-0.25, -0.2) is 0 Å². The van der Waals surface area contributed by atoms with Gasteiger partial charge in [0.05, 0.1) is 0 Å². The Morgan fingerprint density at radius 3 is 1.18 bits per heavy atom. The second-order valence-electron chi connectivity index (χ2n) is 15.9. The average Bonchev–Trinajstić information content (AvgIpc) is 3.31. The van der Waals surface area contributed by atoms with Crippen molar-refractivity contribution >= 4 is 39.8 Å². The van der Waals surface area contributed by atoms with Crippen LogP contribution in [0.15, 0.2) is 236 Å². The topological polar surface area (TPSA) is 9.72 Å². The van der Waals surface area contributed by atoms with Gasteiger partial charge in [-0.15, -0.1) is 0 Å². The Morgan fingerprint density at radius 1 is 0.311 bits per heavy atom. The van der Waals surface area contributed by atoms with Crippen molar-refractivity contribution < 1.29 is 0 Å². The summed E-state index contributed by atoms with van der Waals surface area (Å²) in [6, 6.07) is 76.7. The lowest BCUT2D eigenvalue weighted by Crippen LogP contribution is -2.23. The highest BCUT2D eigenvalue weighted by molar-refractivity contribution is 5.80. The molecule has 1 aliphatic carbocycles. The summed E-state index contributed by atoms with van der Waals surface area (Å²) in [6.07, 6.45) is 6.42. The van der Waals surface area contributed by atoms with Gasteiger partial charge in [0.15, 0.2) is 0 Å². The van der Waals surface area contributed by atoms with Gasteiger partial charge in [-0.2, -0.15) is 0 Å². The lowest BCUT2D eigenvalue weighted by Gasteiger charge is -2.34. The van der Waals surface area contributed by atoms with Crippen LogP contribution in [-0.2, 0) is 0 Å². The average molecular weight is 790 g/mol. The molecule has 0 heterocycles. The highest BCUT2D eigenvalue weighted by Crippen LogP contribution is 2.43. The smallest absolute Gasteiger partial charge is 0.0490 e. The van der Waals surface area contributed by atoms with E-state index in [2.05, 4.69) is 260 Å². The summed E-state index contributed by atoms with van der Waals surface area (Å²) in [6.45, 7) is 6.60. The van der Waals surface area contributed by atoms with Crippen LogP contribution in [0.1, 0.15) is 52.1 Å². The zero-order valence-corrected chi connectivity index (χ0v) is 35.2. The van der Waals surface area contributed by atoms with Crippen LogP contribution in [0.4, 0.5) is 39.8 Å². The quantitative estimate of drug-likeness (QED) is 0.114. The molecule has 1 atom stereocenters. The number of benzene rings is 8. The summed E-state index contributed by atoms with van der Waals surface area (Å²) < 4.78 is 0. The summed E-state index contributed by atoms with van der Waals surface area (Å²) in [4.78, 5) is 7.23. The Kier molecular flexibility index (Phi) is 11.5. The minimum Gasteiger partial charge on any atom is -0.314 e. The van der Waals surface area contributed by atoms with Gasteiger partial charge >= 0.3 is 0 Å². The van der Waals surface area contributed by atoms with E-state index < -0.39 is 0 Å². The van der Waals surface area contributed by atoms with Crippen molar-refractivity contribution in [3.63, 3.8) is 0 Å². The fourth-order valence-electron chi connectivity index (χ4n) is 8.81. The number of anilines is 7. The normalized spacial score (nSPS) is 12.8. The number of nitrogens with zero attached hydrogens (tertiary/aromatic N) is 3. The van der Waals surface area contributed by atoms with Crippen LogP contribution in [0.5, 0.6) is 0 Å². The molecule has 3 nitrogen and oxygen atoms in total. The summed E-state index contributed by atoms with van der Waals surface area (Å²) in [7, 11) is 0. The number of para-hydroxylation sites is 4. The van der Waals surface area contributed by atoms with Crippen molar-refractivity contribution in [3.8, 4) is 0 Å². The first-order chi connectivity index (χ1) is 30.0. The molecule has 0 spiro atoms. The van der Waals surface area contributed by atoms with Gasteiger partial charge in [-0.05, 0) is 152 Å². The summed E-state index contributed by atoms with van der Waals surface area (Å²) in [5.41, 5.74) is 18.2. The number of hydrogen-bond acceptors (Lipinski definition) is 3. The van der Waals surface area contributed by atoms with Gasteiger partial charge in [-0.1, -0.05) is 140 Å². The van der Waals surface area contributed by atoms with E-state index in [1.54, 1.807) is 0 Å². The maximum absolute atomic E-state index is 2.45. The molecule has 0 aromatic heterocycles. The van der Waals surface area contributed by atoms with Gasteiger partial charge < -0.3 is 14.7 Å². The largest absolute Gasteiger partial charge is 0.314 e. The third-order valence-electron chi connectivity index (χ3n) is 11.9. The monoisotopic (exact) mass is 789 g/mol. The fraction of sp³-hybridized carbons (Fsp3) is 0.103. The van der Waals surface area contributed by atoms with Crippen molar-refractivity contribution in [1.82, 2.24) is 0 Å². The molecule has 9 rings (SSSR count). The number of aryl methyl sites for hydroxylation is 3. The lowest BCUT2D eigenvalue weighted by atomic mass is 9.83. The van der Waals surface area contributed by atoms with E-state index in [0.29, 0.717) is 0 Å². The molecule has 298 valence electrons. The number of rotatable bonds is 12. The minimum atomic E-state index is 0.124. The Balaban J connectivity index is 1.14. The molecule has 0 bridgehead atoms. The molecule has 0 aliphatic heterocycles. The third kappa shape index (κ3) is 8.29. The maximum Gasteiger partial charge on any atom is 0.0490 e. The Hall–Kier alpha value is -7.36. The predicted octanol–water partition coefficient (Wildman–Crippen LogP) is 15.8. The zero-order valence-electron chi connectivity index (χ0n) is 35.2. The Morgan fingerprint density at radius 2 is 0.672 bits per heavy atom. The molecule has 0 N–H and O–H groups in total. The Bertz CT molecular complexity index is 2640. The molecular formula is C58H51N3. The van der Waals surface area contributed by atoms with E-state index in [1.165, 1.54) is 61.8 Å². The summed E-state index contributed by atoms with van der Waals surface area (Å²) >= 11 is 0. The SMILES string of the molecule is Cc1ccccc1C(c1ccccc1)c1ccc(N(C2=CC=C(N(c3ccccc3)c3ccccc3C)CC2)c2ccc(N(c3ccccc3)c3ccccc3C)cc2)cc1. The van der Waals surface area contributed by atoms with Gasteiger partial charge in [0.25, 0.3) is 0 Å². The maximum atomic E-state index is 2.45. The first-order valence-electron chi connectivity index (χ1n) is 21.4.